The topological polar surface area (TPSA) is 95.8 Å². The Balaban J connectivity index is 1.11. The van der Waals surface area contributed by atoms with Crippen molar-refractivity contribution < 1.29 is 14.5 Å². The predicted octanol–water partition coefficient (Wildman–Crippen LogP) is 5.86. The Kier molecular flexibility index (Phi) is 7.17. The number of carbonyl (C=O) groups is 2. The average molecular weight is 537 g/mol. The quantitative estimate of drug-likeness (QED) is 0.196. The largest absolute Gasteiger partial charge is 0.338 e. The van der Waals surface area contributed by atoms with Crippen molar-refractivity contribution in [3.63, 3.8) is 0 Å². The maximum atomic E-state index is 13.9. The molecule has 0 spiro atoms. The smallest absolute Gasteiger partial charge is 0.271 e. The molecule has 0 unspecified atom stereocenters. The number of amides is 2. The van der Waals surface area contributed by atoms with Crippen LogP contribution in [0.4, 0.5) is 11.4 Å². The van der Waals surface area contributed by atoms with Gasteiger partial charge in [-0.15, -0.1) is 0 Å². The van der Waals surface area contributed by atoms with E-state index in [2.05, 4.69) is 28.4 Å². The molecule has 8 heteroatoms. The first-order chi connectivity index (χ1) is 19.5. The van der Waals surface area contributed by atoms with E-state index in [0.29, 0.717) is 31.4 Å². The Morgan fingerprint density at radius 3 is 2.17 bits per heavy atom. The molecule has 6 rings (SSSR count). The second kappa shape index (κ2) is 11.1. The SMILES string of the molecule is O=C(Nc1cccc([N+](=O)[O-])c1)[C@@H]1CCCN(C2CCN(C(=O)c3c4ccccc4cc4ccccc34)CC2)C1. The average Bonchev–Trinajstić information content (AvgIpc) is 2.99. The molecule has 0 bridgehead atoms. The van der Waals surface area contributed by atoms with Crippen LogP contribution in [-0.2, 0) is 4.79 Å². The van der Waals surface area contributed by atoms with Crippen molar-refractivity contribution in [3.05, 3.63) is 94.5 Å². The molecule has 0 aromatic heterocycles. The maximum absolute atomic E-state index is 13.9. The Labute approximate surface area is 232 Å². The van der Waals surface area contributed by atoms with Crippen molar-refractivity contribution in [2.45, 2.75) is 31.7 Å². The van der Waals surface area contributed by atoms with Gasteiger partial charge in [0.25, 0.3) is 11.6 Å². The number of hydrogen-bond donors (Lipinski definition) is 1. The molecule has 2 saturated heterocycles. The summed E-state index contributed by atoms with van der Waals surface area (Å²) in [6, 6.07) is 24.7. The second-order valence-corrected chi connectivity index (χ2v) is 10.8. The predicted molar refractivity (Wildman–Crippen MR) is 156 cm³/mol. The fourth-order valence-corrected chi connectivity index (χ4v) is 6.33. The molecule has 0 radical (unpaired) electrons. The van der Waals surface area contributed by atoms with Gasteiger partial charge in [-0.1, -0.05) is 54.6 Å². The Bertz CT molecular complexity index is 1540. The highest BCUT2D eigenvalue weighted by Crippen LogP contribution is 2.31. The van der Waals surface area contributed by atoms with Crippen molar-refractivity contribution in [3.8, 4) is 0 Å². The van der Waals surface area contributed by atoms with Gasteiger partial charge in [-0.25, -0.2) is 0 Å². The normalized spacial score (nSPS) is 18.6. The maximum Gasteiger partial charge on any atom is 0.271 e. The van der Waals surface area contributed by atoms with Gasteiger partial charge < -0.3 is 10.2 Å². The van der Waals surface area contributed by atoms with E-state index >= 15 is 0 Å². The molecule has 40 heavy (non-hydrogen) atoms. The molecule has 2 amide bonds. The van der Waals surface area contributed by atoms with Crippen LogP contribution in [0.5, 0.6) is 0 Å². The minimum atomic E-state index is -0.460. The fourth-order valence-electron chi connectivity index (χ4n) is 6.33. The van der Waals surface area contributed by atoms with Gasteiger partial charge in [-0.3, -0.25) is 24.6 Å². The molecule has 0 saturated carbocycles. The number of nitro benzene ring substituents is 1. The van der Waals surface area contributed by atoms with Gasteiger partial charge in [0.2, 0.25) is 5.91 Å². The third-order valence-electron chi connectivity index (χ3n) is 8.40. The molecule has 2 aliphatic heterocycles. The Morgan fingerprint density at radius 1 is 0.825 bits per heavy atom. The number of nitrogens with zero attached hydrogens (tertiary/aromatic N) is 3. The minimum Gasteiger partial charge on any atom is -0.338 e. The molecule has 2 fully saturated rings. The van der Waals surface area contributed by atoms with Crippen LogP contribution in [-0.4, -0.2) is 58.8 Å². The van der Waals surface area contributed by atoms with E-state index in [1.54, 1.807) is 12.1 Å². The van der Waals surface area contributed by atoms with Gasteiger partial charge in [0.05, 0.1) is 16.4 Å². The standard InChI is InChI=1S/C32H32N4O4/c37-31(33-25-10-5-11-27(20-25)36(39)40)24-9-6-16-35(21-24)26-14-17-34(18-15-26)32(38)30-28-12-3-1-7-22(28)19-23-8-2-4-13-29(23)30/h1-5,7-8,10-13,19-20,24,26H,6,9,14-18,21H2,(H,33,37)/t24-/m1/s1. The number of hydrogen-bond acceptors (Lipinski definition) is 5. The summed E-state index contributed by atoms with van der Waals surface area (Å²) >= 11 is 0. The van der Waals surface area contributed by atoms with Crippen LogP contribution < -0.4 is 5.32 Å². The van der Waals surface area contributed by atoms with E-state index in [4.69, 9.17) is 0 Å². The second-order valence-electron chi connectivity index (χ2n) is 10.8. The summed E-state index contributed by atoms with van der Waals surface area (Å²) in [7, 11) is 0. The summed E-state index contributed by atoms with van der Waals surface area (Å²) in [5.41, 5.74) is 1.19. The molecule has 2 heterocycles. The van der Waals surface area contributed by atoms with E-state index in [9.17, 15) is 19.7 Å². The van der Waals surface area contributed by atoms with Gasteiger partial charge in [0.1, 0.15) is 0 Å². The lowest BCUT2D eigenvalue weighted by Crippen LogP contribution is -2.51. The number of fused-ring (bicyclic) bond motifs is 2. The van der Waals surface area contributed by atoms with Crippen LogP contribution in [0.25, 0.3) is 21.5 Å². The zero-order chi connectivity index (χ0) is 27.6. The minimum absolute atomic E-state index is 0.0409. The molecule has 2 aliphatic rings. The number of likely N-dealkylation sites (tertiary alicyclic amines) is 2. The first kappa shape index (κ1) is 26.0. The number of piperidine rings is 2. The van der Waals surface area contributed by atoms with E-state index in [-0.39, 0.29) is 23.4 Å². The number of nitrogens with one attached hydrogen (secondary N) is 1. The lowest BCUT2D eigenvalue weighted by Gasteiger charge is -2.42. The highest BCUT2D eigenvalue weighted by Gasteiger charge is 2.33. The number of rotatable bonds is 5. The van der Waals surface area contributed by atoms with Crippen LogP contribution in [0.1, 0.15) is 36.0 Å². The number of benzene rings is 4. The summed E-state index contributed by atoms with van der Waals surface area (Å²) in [4.78, 5) is 41.9. The highest BCUT2D eigenvalue weighted by molar-refractivity contribution is 6.18. The van der Waals surface area contributed by atoms with E-state index in [1.807, 2.05) is 41.3 Å². The number of anilines is 1. The van der Waals surface area contributed by atoms with Crippen LogP contribution in [0.15, 0.2) is 78.9 Å². The molecule has 0 aliphatic carbocycles. The van der Waals surface area contributed by atoms with E-state index < -0.39 is 4.92 Å². The molecule has 8 nitrogen and oxygen atoms in total. The van der Waals surface area contributed by atoms with E-state index in [1.165, 1.54) is 12.1 Å². The summed E-state index contributed by atoms with van der Waals surface area (Å²) in [6.07, 6.45) is 3.46. The van der Waals surface area contributed by atoms with Crippen LogP contribution in [0.3, 0.4) is 0 Å². The van der Waals surface area contributed by atoms with Crippen molar-refractivity contribution >= 4 is 44.7 Å². The Morgan fingerprint density at radius 2 is 1.50 bits per heavy atom. The Hall–Kier alpha value is -4.30. The third-order valence-corrected chi connectivity index (χ3v) is 8.40. The van der Waals surface area contributed by atoms with Crippen LogP contribution >= 0.6 is 0 Å². The summed E-state index contributed by atoms with van der Waals surface area (Å²) in [5.74, 6) is -0.185. The van der Waals surface area contributed by atoms with Gasteiger partial charge >= 0.3 is 0 Å². The lowest BCUT2D eigenvalue weighted by atomic mass is 9.92. The number of nitro groups is 1. The van der Waals surface area contributed by atoms with Crippen molar-refractivity contribution in [2.75, 3.05) is 31.5 Å². The first-order valence-electron chi connectivity index (χ1n) is 14.0. The number of non-ortho nitro benzene ring substituents is 1. The lowest BCUT2D eigenvalue weighted by molar-refractivity contribution is -0.384. The summed E-state index contributed by atoms with van der Waals surface area (Å²) in [5, 5.41) is 18.1. The molecular weight excluding hydrogens is 504 g/mol. The summed E-state index contributed by atoms with van der Waals surface area (Å²) < 4.78 is 0. The van der Waals surface area contributed by atoms with Crippen LogP contribution in [0, 0.1) is 16.0 Å². The van der Waals surface area contributed by atoms with Gasteiger partial charge in [0, 0.05) is 43.5 Å². The van der Waals surface area contributed by atoms with Crippen LogP contribution in [0.2, 0.25) is 0 Å². The van der Waals surface area contributed by atoms with Crippen molar-refractivity contribution in [2.24, 2.45) is 5.92 Å². The molecule has 204 valence electrons. The monoisotopic (exact) mass is 536 g/mol. The molecule has 4 aromatic rings. The van der Waals surface area contributed by atoms with Gasteiger partial charge in [-0.05, 0) is 65.9 Å². The number of carbonyl (C=O) groups excluding carboxylic acids is 2. The summed E-state index contributed by atoms with van der Waals surface area (Å²) in [6.45, 7) is 2.96. The van der Waals surface area contributed by atoms with Gasteiger partial charge in [-0.2, -0.15) is 0 Å². The molecule has 1 N–H and O–H groups in total. The van der Waals surface area contributed by atoms with Gasteiger partial charge in [0.15, 0.2) is 0 Å². The fraction of sp³-hybridized carbons (Fsp3) is 0.312. The zero-order valence-corrected chi connectivity index (χ0v) is 22.3. The first-order valence-corrected chi connectivity index (χ1v) is 14.0. The molecule has 1 atom stereocenters. The molecular formula is C32H32N4O4. The zero-order valence-electron chi connectivity index (χ0n) is 22.3. The highest BCUT2D eigenvalue weighted by atomic mass is 16.6. The van der Waals surface area contributed by atoms with Crippen molar-refractivity contribution in [1.29, 1.82) is 0 Å². The van der Waals surface area contributed by atoms with Crippen molar-refractivity contribution in [1.82, 2.24) is 9.80 Å². The third kappa shape index (κ3) is 5.14. The van der Waals surface area contributed by atoms with E-state index in [0.717, 1.165) is 59.3 Å². The molecule has 4 aromatic carbocycles.